The second-order valence-electron chi connectivity index (χ2n) is 5.96. The molecule has 0 bridgehead atoms. The van der Waals surface area contributed by atoms with Gasteiger partial charge in [0.2, 0.25) is 11.8 Å². The van der Waals surface area contributed by atoms with Crippen LogP contribution in [0, 0.1) is 5.82 Å². The molecular formula is C18H19FN6O2S2. The average Bonchev–Trinajstić information content (AvgIpc) is 3.33. The number of carbonyl (C=O) groups is 2. The molecule has 8 nitrogen and oxygen atoms in total. The van der Waals surface area contributed by atoms with Gasteiger partial charge in [-0.3, -0.25) is 9.59 Å². The number of hydrogen-bond acceptors (Lipinski definition) is 7. The summed E-state index contributed by atoms with van der Waals surface area (Å²) < 4.78 is 14.8. The number of aromatic nitrogens is 4. The van der Waals surface area contributed by atoms with E-state index < -0.39 is 5.25 Å². The summed E-state index contributed by atoms with van der Waals surface area (Å²) in [6.07, 6.45) is 1.63. The zero-order chi connectivity index (χ0) is 20.8. The number of thioether (sulfide) groups is 1. The van der Waals surface area contributed by atoms with Crippen molar-refractivity contribution in [3.63, 3.8) is 0 Å². The molecule has 2 heterocycles. The van der Waals surface area contributed by atoms with Crippen LogP contribution in [0.3, 0.4) is 0 Å². The second kappa shape index (κ2) is 9.61. The number of anilines is 2. The van der Waals surface area contributed by atoms with Crippen molar-refractivity contribution in [3.05, 3.63) is 47.5 Å². The van der Waals surface area contributed by atoms with Crippen molar-refractivity contribution in [3.8, 4) is 0 Å². The van der Waals surface area contributed by atoms with Crippen LogP contribution in [-0.2, 0) is 22.6 Å². The third kappa shape index (κ3) is 5.61. The molecule has 0 saturated carbocycles. The van der Waals surface area contributed by atoms with Gasteiger partial charge in [0, 0.05) is 23.8 Å². The Morgan fingerprint density at radius 1 is 1.24 bits per heavy atom. The Balaban J connectivity index is 1.62. The number of rotatable bonds is 8. The highest BCUT2D eigenvalue weighted by atomic mass is 32.2. The smallest absolute Gasteiger partial charge is 0.239 e. The van der Waals surface area contributed by atoms with Crippen LogP contribution in [0.1, 0.15) is 19.7 Å². The van der Waals surface area contributed by atoms with Gasteiger partial charge >= 0.3 is 0 Å². The maximum absolute atomic E-state index is 13.0. The van der Waals surface area contributed by atoms with Crippen molar-refractivity contribution in [2.24, 2.45) is 0 Å². The zero-order valence-electron chi connectivity index (χ0n) is 15.8. The first kappa shape index (κ1) is 20.9. The van der Waals surface area contributed by atoms with E-state index in [2.05, 4.69) is 25.8 Å². The van der Waals surface area contributed by atoms with E-state index in [0.717, 1.165) is 0 Å². The van der Waals surface area contributed by atoms with Gasteiger partial charge in [0.25, 0.3) is 0 Å². The van der Waals surface area contributed by atoms with E-state index in [9.17, 15) is 14.0 Å². The molecule has 0 saturated heterocycles. The molecule has 3 rings (SSSR count). The summed E-state index contributed by atoms with van der Waals surface area (Å²) in [5.74, 6) is -0.360. The first-order valence-electron chi connectivity index (χ1n) is 8.80. The lowest BCUT2D eigenvalue weighted by Gasteiger charge is -2.11. The van der Waals surface area contributed by atoms with Crippen molar-refractivity contribution in [2.75, 3.05) is 10.6 Å². The van der Waals surface area contributed by atoms with Gasteiger partial charge in [0.15, 0.2) is 10.3 Å². The van der Waals surface area contributed by atoms with Crippen LogP contribution in [0.2, 0.25) is 0 Å². The molecule has 0 aliphatic heterocycles. The van der Waals surface area contributed by atoms with Crippen molar-refractivity contribution < 1.29 is 14.0 Å². The highest BCUT2D eigenvalue weighted by Gasteiger charge is 2.21. The zero-order valence-corrected chi connectivity index (χ0v) is 17.4. The van der Waals surface area contributed by atoms with E-state index in [-0.39, 0.29) is 24.1 Å². The fraction of sp³-hybridized carbons (Fsp3) is 0.278. The van der Waals surface area contributed by atoms with Crippen molar-refractivity contribution >= 4 is 45.7 Å². The van der Waals surface area contributed by atoms with Crippen LogP contribution in [0.5, 0.6) is 0 Å². The van der Waals surface area contributed by atoms with Gasteiger partial charge in [-0.05, 0) is 38.1 Å². The predicted octanol–water partition coefficient (Wildman–Crippen LogP) is 3.19. The highest BCUT2D eigenvalue weighted by Crippen LogP contribution is 2.24. The molecule has 1 atom stereocenters. The molecule has 0 radical (unpaired) electrons. The second-order valence-corrected chi connectivity index (χ2v) is 8.16. The molecule has 2 N–H and O–H groups in total. The number of amides is 2. The highest BCUT2D eigenvalue weighted by molar-refractivity contribution is 8.00. The first-order valence-corrected chi connectivity index (χ1v) is 10.6. The number of nitrogens with one attached hydrogen (secondary N) is 2. The Kier molecular flexibility index (Phi) is 6.94. The fourth-order valence-corrected chi connectivity index (χ4v) is 3.90. The van der Waals surface area contributed by atoms with Gasteiger partial charge < -0.3 is 15.2 Å². The SMILES string of the molecule is CCn1c(CC(=O)Nc2ccc(F)cc2)nnc1S[C@@H](C)C(=O)Nc1nccs1. The van der Waals surface area contributed by atoms with Crippen LogP contribution in [0.4, 0.5) is 15.2 Å². The molecule has 152 valence electrons. The van der Waals surface area contributed by atoms with Gasteiger partial charge in [-0.25, -0.2) is 9.37 Å². The third-order valence-corrected chi connectivity index (χ3v) is 5.64. The monoisotopic (exact) mass is 434 g/mol. The van der Waals surface area contributed by atoms with Gasteiger partial charge in [-0.2, -0.15) is 0 Å². The molecule has 1 aromatic carbocycles. The van der Waals surface area contributed by atoms with Crippen molar-refractivity contribution in [1.29, 1.82) is 0 Å². The maximum atomic E-state index is 13.0. The minimum atomic E-state index is -0.422. The lowest BCUT2D eigenvalue weighted by Crippen LogP contribution is -2.23. The number of carbonyl (C=O) groups excluding carboxylic acids is 2. The van der Waals surface area contributed by atoms with E-state index in [1.165, 1.54) is 47.4 Å². The van der Waals surface area contributed by atoms with Gasteiger partial charge in [-0.15, -0.1) is 21.5 Å². The number of benzene rings is 1. The van der Waals surface area contributed by atoms with Crippen molar-refractivity contribution in [2.45, 2.75) is 37.2 Å². The standard InChI is InChI=1S/C18H19FN6O2S2/c1-3-25-14(10-15(26)21-13-6-4-12(19)5-7-13)23-24-18(25)29-11(2)16(27)22-17-20-8-9-28-17/h4-9,11H,3,10H2,1-2H3,(H,21,26)(H,20,22,27)/t11-/m0/s1. The average molecular weight is 435 g/mol. The minimum absolute atomic E-state index is 0.0124. The Hall–Kier alpha value is -2.79. The van der Waals surface area contributed by atoms with Gasteiger partial charge in [0.1, 0.15) is 11.6 Å². The third-order valence-electron chi connectivity index (χ3n) is 3.87. The Bertz CT molecular complexity index is 975. The number of nitrogens with zero attached hydrogens (tertiary/aromatic N) is 4. The maximum Gasteiger partial charge on any atom is 0.239 e. The minimum Gasteiger partial charge on any atom is -0.326 e. The van der Waals surface area contributed by atoms with E-state index in [1.807, 2.05) is 6.92 Å². The van der Waals surface area contributed by atoms with E-state index >= 15 is 0 Å². The molecule has 0 unspecified atom stereocenters. The summed E-state index contributed by atoms with van der Waals surface area (Å²) in [6, 6.07) is 5.53. The Labute approximate surface area is 174 Å². The summed E-state index contributed by atoms with van der Waals surface area (Å²) in [5.41, 5.74) is 0.501. The largest absolute Gasteiger partial charge is 0.326 e. The molecule has 29 heavy (non-hydrogen) atoms. The van der Waals surface area contributed by atoms with E-state index in [4.69, 9.17) is 0 Å². The number of thiazole rings is 1. The quantitative estimate of drug-likeness (QED) is 0.528. The normalized spacial score (nSPS) is 11.8. The van der Waals surface area contributed by atoms with E-state index in [0.29, 0.717) is 28.3 Å². The summed E-state index contributed by atoms with van der Waals surface area (Å²) in [4.78, 5) is 28.6. The Morgan fingerprint density at radius 3 is 2.66 bits per heavy atom. The topological polar surface area (TPSA) is 102 Å². The van der Waals surface area contributed by atoms with Crippen LogP contribution >= 0.6 is 23.1 Å². The van der Waals surface area contributed by atoms with Crippen LogP contribution in [-0.4, -0.2) is 36.8 Å². The number of halogens is 1. The molecule has 3 aromatic rings. The van der Waals surface area contributed by atoms with Gasteiger partial charge in [0.05, 0.1) is 11.7 Å². The molecule has 0 spiro atoms. The summed E-state index contributed by atoms with van der Waals surface area (Å²) in [6.45, 7) is 4.23. The molecule has 0 aliphatic rings. The Morgan fingerprint density at radius 2 is 2.00 bits per heavy atom. The molecule has 0 aliphatic carbocycles. The molecule has 11 heteroatoms. The van der Waals surface area contributed by atoms with Crippen molar-refractivity contribution in [1.82, 2.24) is 19.7 Å². The summed E-state index contributed by atoms with van der Waals surface area (Å²) in [7, 11) is 0. The van der Waals surface area contributed by atoms with E-state index in [1.54, 1.807) is 23.1 Å². The molecular weight excluding hydrogens is 415 g/mol. The number of hydrogen-bond donors (Lipinski definition) is 2. The molecule has 2 amide bonds. The fourth-order valence-electron chi connectivity index (χ4n) is 2.44. The van der Waals surface area contributed by atoms with Crippen LogP contribution < -0.4 is 10.6 Å². The summed E-state index contributed by atoms with van der Waals surface area (Å²) >= 11 is 2.60. The van der Waals surface area contributed by atoms with Crippen LogP contribution in [0.25, 0.3) is 0 Å². The predicted molar refractivity (Wildman–Crippen MR) is 110 cm³/mol. The van der Waals surface area contributed by atoms with Crippen LogP contribution in [0.15, 0.2) is 41.0 Å². The lowest BCUT2D eigenvalue weighted by molar-refractivity contribution is -0.116. The summed E-state index contributed by atoms with van der Waals surface area (Å²) in [5, 5.41) is 16.1. The lowest BCUT2D eigenvalue weighted by atomic mass is 10.3. The molecule has 2 aromatic heterocycles. The first-order chi connectivity index (χ1) is 14.0. The van der Waals surface area contributed by atoms with Gasteiger partial charge in [-0.1, -0.05) is 11.8 Å². The molecule has 0 fully saturated rings.